The van der Waals surface area contributed by atoms with Crippen molar-refractivity contribution in [3.63, 3.8) is 0 Å². The lowest BCUT2D eigenvalue weighted by molar-refractivity contribution is -0.145. The number of allylic oxidation sites excluding steroid dienone is 1. The molecule has 0 bridgehead atoms. The molecular weight excluding hydrogens is 460 g/mol. The first-order chi connectivity index (χ1) is 16.8. The molecular formula is C26H38N6O4. The number of nitrogens with one attached hydrogen (secondary N) is 3. The predicted octanol–water partition coefficient (Wildman–Crippen LogP) is 4.01. The van der Waals surface area contributed by atoms with Gasteiger partial charge in [0.05, 0.1) is 17.9 Å². The van der Waals surface area contributed by atoms with E-state index < -0.39 is 23.5 Å². The van der Waals surface area contributed by atoms with E-state index in [-0.39, 0.29) is 12.0 Å². The SMILES string of the molecule is C=C(/C=N\C(=C/C)NC)[C@@H]1CC[C@@H](C)CN1C(=O)C(=O)Nc1cnc(NC(=O)OC(C)(C)C)c(C)c1. The van der Waals surface area contributed by atoms with Crippen molar-refractivity contribution in [1.82, 2.24) is 15.2 Å². The van der Waals surface area contributed by atoms with Gasteiger partial charge in [-0.25, -0.2) is 14.8 Å². The molecule has 3 amide bonds. The van der Waals surface area contributed by atoms with E-state index in [0.717, 1.165) is 6.42 Å². The van der Waals surface area contributed by atoms with Crippen molar-refractivity contribution in [3.8, 4) is 0 Å². The van der Waals surface area contributed by atoms with Crippen LogP contribution >= 0.6 is 0 Å². The van der Waals surface area contributed by atoms with Gasteiger partial charge in [-0.05, 0) is 76.7 Å². The van der Waals surface area contributed by atoms with E-state index in [1.165, 1.54) is 6.20 Å². The molecule has 3 N–H and O–H groups in total. The number of likely N-dealkylation sites (tertiary alicyclic amines) is 1. The Balaban J connectivity index is 2.11. The Labute approximate surface area is 213 Å². The van der Waals surface area contributed by atoms with Crippen LogP contribution in [0.5, 0.6) is 0 Å². The Morgan fingerprint density at radius 2 is 1.94 bits per heavy atom. The minimum absolute atomic E-state index is 0.258. The van der Waals surface area contributed by atoms with Gasteiger partial charge in [-0.2, -0.15) is 0 Å². The Morgan fingerprint density at radius 3 is 2.53 bits per heavy atom. The van der Waals surface area contributed by atoms with E-state index in [0.29, 0.717) is 41.4 Å². The summed E-state index contributed by atoms with van der Waals surface area (Å²) in [5, 5.41) is 8.17. The number of carbonyl (C=O) groups excluding carboxylic acids is 3. The average Bonchev–Trinajstić information content (AvgIpc) is 2.79. The maximum absolute atomic E-state index is 13.2. The lowest BCUT2D eigenvalue weighted by atomic mass is 9.90. The number of hydrogen-bond acceptors (Lipinski definition) is 7. The molecule has 2 atom stereocenters. The smallest absolute Gasteiger partial charge is 0.413 e. The number of aryl methyl sites for hydroxylation is 1. The summed E-state index contributed by atoms with van der Waals surface area (Å²) in [6.45, 7) is 15.5. The van der Waals surface area contributed by atoms with Gasteiger partial charge in [0.2, 0.25) is 0 Å². The summed E-state index contributed by atoms with van der Waals surface area (Å²) in [5.74, 6) is -0.167. The van der Waals surface area contributed by atoms with Gasteiger partial charge in [0.15, 0.2) is 0 Å². The summed E-state index contributed by atoms with van der Waals surface area (Å²) in [6.07, 6.45) is 5.82. The van der Waals surface area contributed by atoms with E-state index in [1.807, 2.05) is 19.9 Å². The molecule has 1 aromatic heterocycles. The number of nitrogens with zero attached hydrogens (tertiary/aromatic N) is 3. The Bertz CT molecular complexity index is 1060. The van der Waals surface area contributed by atoms with Crippen molar-refractivity contribution in [2.75, 3.05) is 24.2 Å². The highest BCUT2D eigenvalue weighted by molar-refractivity contribution is 6.39. The number of rotatable bonds is 6. The lowest BCUT2D eigenvalue weighted by Gasteiger charge is -2.38. The molecule has 1 aliphatic rings. The van der Waals surface area contributed by atoms with E-state index in [4.69, 9.17) is 4.74 Å². The van der Waals surface area contributed by atoms with Gasteiger partial charge in [-0.3, -0.25) is 14.9 Å². The van der Waals surface area contributed by atoms with Crippen LogP contribution in [0, 0.1) is 12.8 Å². The Hall–Kier alpha value is -3.69. The maximum atomic E-state index is 13.2. The van der Waals surface area contributed by atoms with E-state index >= 15 is 0 Å². The number of aliphatic imine (C=N–C) groups is 1. The zero-order valence-corrected chi connectivity index (χ0v) is 22.3. The zero-order chi connectivity index (χ0) is 27.0. The number of anilines is 2. The minimum atomic E-state index is -0.766. The molecule has 1 aromatic rings. The molecule has 0 aromatic carbocycles. The van der Waals surface area contributed by atoms with E-state index in [1.54, 1.807) is 51.9 Å². The molecule has 2 heterocycles. The molecule has 2 rings (SSSR count). The summed E-state index contributed by atoms with van der Waals surface area (Å²) in [6, 6.07) is 1.31. The molecule has 0 saturated carbocycles. The van der Waals surface area contributed by atoms with Gasteiger partial charge in [-0.1, -0.05) is 13.5 Å². The van der Waals surface area contributed by atoms with Gasteiger partial charge in [0.25, 0.3) is 0 Å². The summed E-state index contributed by atoms with van der Waals surface area (Å²) in [7, 11) is 1.77. The predicted molar refractivity (Wildman–Crippen MR) is 142 cm³/mol. The van der Waals surface area contributed by atoms with Gasteiger partial charge in [0, 0.05) is 19.8 Å². The van der Waals surface area contributed by atoms with Crippen molar-refractivity contribution in [2.45, 2.75) is 66.0 Å². The van der Waals surface area contributed by atoms with Crippen LogP contribution in [0.25, 0.3) is 0 Å². The summed E-state index contributed by atoms with van der Waals surface area (Å²) >= 11 is 0. The molecule has 36 heavy (non-hydrogen) atoms. The third kappa shape index (κ3) is 8.21. The highest BCUT2D eigenvalue weighted by Gasteiger charge is 2.34. The fraction of sp³-hybridized carbons (Fsp3) is 0.500. The molecule has 1 fully saturated rings. The molecule has 196 valence electrons. The van der Waals surface area contributed by atoms with Crippen LogP contribution < -0.4 is 16.0 Å². The fourth-order valence-corrected chi connectivity index (χ4v) is 3.77. The number of carbonyl (C=O) groups is 3. The van der Waals surface area contributed by atoms with Crippen LogP contribution in [-0.2, 0) is 14.3 Å². The number of ether oxygens (including phenoxy) is 1. The number of aromatic nitrogens is 1. The highest BCUT2D eigenvalue weighted by atomic mass is 16.6. The van der Waals surface area contributed by atoms with E-state index in [9.17, 15) is 14.4 Å². The topological polar surface area (TPSA) is 125 Å². The molecule has 0 aliphatic carbocycles. The van der Waals surface area contributed by atoms with Gasteiger partial charge < -0.3 is 20.3 Å². The minimum Gasteiger partial charge on any atom is -0.444 e. The monoisotopic (exact) mass is 498 g/mol. The normalized spacial score (nSPS) is 18.5. The second kappa shape index (κ2) is 12.3. The third-order valence-corrected chi connectivity index (χ3v) is 5.56. The molecule has 1 aliphatic heterocycles. The zero-order valence-electron chi connectivity index (χ0n) is 22.3. The van der Waals surface area contributed by atoms with Gasteiger partial charge in [0.1, 0.15) is 17.2 Å². The van der Waals surface area contributed by atoms with Crippen LogP contribution in [0.1, 0.15) is 53.0 Å². The average molecular weight is 499 g/mol. The summed E-state index contributed by atoms with van der Waals surface area (Å²) in [5.41, 5.74) is 0.960. The quantitative estimate of drug-likeness (QED) is 0.402. The van der Waals surface area contributed by atoms with Crippen LogP contribution in [0.3, 0.4) is 0 Å². The second-order valence-corrected chi connectivity index (χ2v) is 9.88. The molecule has 0 spiro atoms. The van der Waals surface area contributed by atoms with Crippen molar-refractivity contribution >= 4 is 35.6 Å². The van der Waals surface area contributed by atoms with Crippen molar-refractivity contribution < 1.29 is 19.1 Å². The van der Waals surface area contributed by atoms with Crippen LogP contribution in [-0.4, -0.2) is 59.2 Å². The molecule has 0 radical (unpaired) electrons. The standard InChI is InChI=1S/C26H38N6O4/c1-9-21(27-8)28-13-18(4)20-11-10-16(2)15-32(20)24(34)23(33)30-19-12-17(3)22(29-14-19)31-25(35)36-26(5,6)7/h9,12-14,16,20,27H,4,10-11,15H2,1-3,5-8H3,(H,30,33)(H,29,31,35)/b21-9-,28-13-/t16-,20+/m1/s1. The van der Waals surface area contributed by atoms with Crippen molar-refractivity contribution in [1.29, 1.82) is 0 Å². The van der Waals surface area contributed by atoms with E-state index in [2.05, 4.69) is 32.5 Å². The third-order valence-electron chi connectivity index (χ3n) is 5.56. The van der Waals surface area contributed by atoms with Crippen molar-refractivity contribution in [3.05, 3.63) is 41.9 Å². The largest absolute Gasteiger partial charge is 0.444 e. The first kappa shape index (κ1) is 28.5. The first-order valence-corrected chi connectivity index (χ1v) is 12.0. The van der Waals surface area contributed by atoms with Gasteiger partial charge in [-0.15, -0.1) is 0 Å². The number of piperidine rings is 1. The van der Waals surface area contributed by atoms with Gasteiger partial charge >= 0.3 is 17.9 Å². The summed E-state index contributed by atoms with van der Waals surface area (Å²) < 4.78 is 5.24. The lowest BCUT2D eigenvalue weighted by Crippen LogP contribution is -2.51. The summed E-state index contributed by atoms with van der Waals surface area (Å²) in [4.78, 5) is 48.2. The first-order valence-electron chi connectivity index (χ1n) is 12.0. The number of pyridine rings is 1. The maximum Gasteiger partial charge on any atom is 0.413 e. The Kier molecular flexibility index (Phi) is 9.77. The molecule has 10 heteroatoms. The highest BCUT2D eigenvalue weighted by Crippen LogP contribution is 2.26. The molecule has 10 nitrogen and oxygen atoms in total. The van der Waals surface area contributed by atoms with Crippen LogP contribution in [0.2, 0.25) is 0 Å². The fourth-order valence-electron chi connectivity index (χ4n) is 3.77. The van der Waals surface area contributed by atoms with Crippen LogP contribution in [0.15, 0.2) is 41.3 Å². The number of hydrogen-bond donors (Lipinski definition) is 3. The molecule has 1 saturated heterocycles. The molecule has 0 unspecified atom stereocenters. The second-order valence-electron chi connectivity index (χ2n) is 9.88. The Morgan fingerprint density at radius 1 is 1.25 bits per heavy atom. The number of amides is 3. The van der Waals surface area contributed by atoms with Crippen LogP contribution in [0.4, 0.5) is 16.3 Å². The van der Waals surface area contributed by atoms with Crippen molar-refractivity contribution in [2.24, 2.45) is 10.9 Å².